The summed E-state index contributed by atoms with van der Waals surface area (Å²) in [5.41, 5.74) is 2.37. The molecule has 2 atom stereocenters. The molecule has 0 aromatic heterocycles. The second-order valence-electron chi connectivity index (χ2n) is 7.09. The van der Waals surface area contributed by atoms with Gasteiger partial charge in [-0.1, -0.05) is 35.9 Å². The zero-order valence-electron chi connectivity index (χ0n) is 17.6. The lowest BCUT2D eigenvalue weighted by Crippen LogP contribution is -2.32. The van der Waals surface area contributed by atoms with E-state index in [0.717, 1.165) is 35.8 Å². The van der Waals surface area contributed by atoms with Crippen molar-refractivity contribution in [3.05, 3.63) is 64.7 Å². The number of hydrogen-bond donors (Lipinski definition) is 1. The Hall–Kier alpha value is -1.01. The van der Waals surface area contributed by atoms with Crippen LogP contribution in [0.25, 0.3) is 0 Å². The molecule has 164 valence electrons. The van der Waals surface area contributed by atoms with Gasteiger partial charge in [0.2, 0.25) is 0 Å². The first-order valence-electron chi connectivity index (χ1n) is 9.36. The summed E-state index contributed by atoms with van der Waals surface area (Å²) in [5.74, 6) is 0.918. The quantitative estimate of drug-likeness (QED) is 0.506. The third-order valence-corrected chi connectivity index (χ3v) is 4.66. The van der Waals surface area contributed by atoms with E-state index in [0.29, 0.717) is 12.6 Å². The van der Waals surface area contributed by atoms with Crippen LogP contribution in [0.1, 0.15) is 24.2 Å². The van der Waals surface area contributed by atoms with Gasteiger partial charge in [0.15, 0.2) is 0 Å². The molecule has 1 N–H and O–H groups in total. The number of halogens is 3. The standard InChI is InChI=1S/C22H31ClN2O2.2ClH/c1-17(24-16-22(26-4)19-6-5-7-20(23)15-19)14-18-8-10-21(11-9-18)27-13-12-25(2)3;;/h5-11,15,17,22,24H,12-14,16H2,1-4H3;2*1H. The van der Waals surface area contributed by atoms with E-state index in [1.54, 1.807) is 7.11 Å². The van der Waals surface area contributed by atoms with Gasteiger partial charge in [-0.05, 0) is 62.8 Å². The molecule has 0 aliphatic carbocycles. The molecule has 29 heavy (non-hydrogen) atoms. The third-order valence-electron chi connectivity index (χ3n) is 4.43. The zero-order chi connectivity index (χ0) is 19.6. The van der Waals surface area contributed by atoms with Gasteiger partial charge in [0, 0.05) is 31.3 Å². The second kappa shape index (κ2) is 14.9. The molecule has 0 saturated carbocycles. The summed E-state index contributed by atoms with van der Waals surface area (Å²) in [6.45, 7) is 4.54. The smallest absolute Gasteiger partial charge is 0.119 e. The van der Waals surface area contributed by atoms with Gasteiger partial charge in [-0.25, -0.2) is 0 Å². The van der Waals surface area contributed by atoms with Gasteiger partial charge < -0.3 is 19.7 Å². The lowest BCUT2D eigenvalue weighted by Gasteiger charge is -2.20. The molecule has 0 radical (unpaired) electrons. The molecule has 2 aromatic rings. The molecule has 0 heterocycles. The van der Waals surface area contributed by atoms with Gasteiger partial charge in [0.1, 0.15) is 12.4 Å². The van der Waals surface area contributed by atoms with Gasteiger partial charge in [-0.15, -0.1) is 24.8 Å². The fraction of sp³-hybridized carbons (Fsp3) is 0.455. The molecule has 0 aliphatic heterocycles. The Balaban J connectivity index is 0.00000392. The number of methoxy groups -OCH3 is 1. The van der Waals surface area contributed by atoms with Crippen LogP contribution in [0.5, 0.6) is 5.75 Å². The number of likely N-dealkylation sites (N-methyl/N-ethyl adjacent to an activating group) is 1. The normalized spacial score (nSPS) is 12.6. The van der Waals surface area contributed by atoms with E-state index < -0.39 is 0 Å². The van der Waals surface area contributed by atoms with Crippen LogP contribution in [0.3, 0.4) is 0 Å². The van der Waals surface area contributed by atoms with Crippen LogP contribution in [-0.4, -0.2) is 51.8 Å². The van der Waals surface area contributed by atoms with E-state index in [2.05, 4.69) is 29.3 Å². The average Bonchev–Trinajstić information content (AvgIpc) is 2.63. The highest BCUT2D eigenvalue weighted by Crippen LogP contribution is 2.20. The predicted octanol–water partition coefficient (Wildman–Crippen LogP) is 5.03. The molecule has 0 aliphatic rings. The van der Waals surface area contributed by atoms with Crippen LogP contribution < -0.4 is 10.1 Å². The monoisotopic (exact) mass is 462 g/mol. The largest absolute Gasteiger partial charge is 0.492 e. The fourth-order valence-corrected chi connectivity index (χ4v) is 3.04. The molecular formula is C22H33Cl3N2O2. The van der Waals surface area contributed by atoms with Crippen LogP contribution in [0.4, 0.5) is 0 Å². The molecule has 7 heteroatoms. The van der Waals surface area contributed by atoms with Gasteiger partial charge in [-0.3, -0.25) is 0 Å². The van der Waals surface area contributed by atoms with E-state index in [9.17, 15) is 0 Å². The Morgan fingerprint density at radius 1 is 1.07 bits per heavy atom. The third kappa shape index (κ3) is 10.5. The molecule has 2 rings (SSSR count). The van der Waals surface area contributed by atoms with Gasteiger partial charge in [0.25, 0.3) is 0 Å². The van der Waals surface area contributed by atoms with Crippen molar-refractivity contribution in [1.82, 2.24) is 10.2 Å². The van der Waals surface area contributed by atoms with Crippen molar-refractivity contribution in [2.45, 2.75) is 25.5 Å². The SMILES string of the molecule is COC(CNC(C)Cc1ccc(OCCN(C)C)cc1)c1cccc(Cl)c1.Cl.Cl. The molecule has 0 amide bonds. The first kappa shape index (κ1) is 28.0. The van der Waals surface area contributed by atoms with E-state index in [1.807, 2.05) is 50.5 Å². The van der Waals surface area contributed by atoms with Gasteiger partial charge in [-0.2, -0.15) is 0 Å². The Morgan fingerprint density at radius 2 is 1.76 bits per heavy atom. The van der Waals surface area contributed by atoms with Crippen molar-refractivity contribution in [3.63, 3.8) is 0 Å². The summed E-state index contributed by atoms with van der Waals surface area (Å²) in [6.07, 6.45) is 0.933. The maximum atomic E-state index is 6.09. The summed E-state index contributed by atoms with van der Waals surface area (Å²) < 4.78 is 11.4. The first-order chi connectivity index (χ1) is 13.0. The highest BCUT2D eigenvalue weighted by molar-refractivity contribution is 6.30. The first-order valence-corrected chi connectivity index (χ1v) is 9.74. The molecule has 2 unspecified atom stereocenters. The van der Waals surface area contributed by atoms with Crippen LogP contribution >= 0.6 is 36.4 Å². The minimum Gasteiger partial charge on any atom is -0.492 e. The van der Waals surface area contributed by atoms with Crippen molar-refractivity contribution in [1.29, 1.82) is 0 Å². The summed E-state index contributed by atoms with van der Waals surface area (Å²) in [7, 11) is 5.82. The van der Waals surface area contributed by atoms with Crippen LogP contribution in [0.2, 0.25) is 5.02 Å². The molecule has 2 aromatic carbocycles. The van der Waals surface area contributed by atoms with E-state index in [4.69, 9.17) is 21.1 Å². The van der Waals surface area contributed by atoms with E-state index in [-0.39, 0.29) is 30.9 Å². The molecular weight excluding hydrogens is 431 g/mol. The summed E-state index contributed by atoms with van der Waals surface area (Å²) in [6, 6.07) is 16.5. The van der Waals surface area contributed by atoms with Crippen molar-refractivity contribution in [2.75, 3.05) is 40.9 Å². The van der Waals surface area contributed by atoms with Crippen molar-refractivity contribution in [3.8, 4) is 5.75 Å². The fourth-order valence-electron chi connectivity index (χ4n) is 2.85. The lowest BCUT2D eigenvalue weighted by molar-refractivity contribution is 0.0999. The van der Waals surface area contributed by atoms with Gasteiger partial charge >= 0.3 is 0 Å². The number of benzene rings is 2. The van der Waals surface area contributed by atoms with E-state index >= 15 is 0 Å². The Morgan fingerprint density at radius 3 is 2.34 bits per heavy atom. The lowest BCUT2D eigenvalue weighted by atomic mass is 10.1. The van der Waals surface area contributed by atoms with Crippen molar-refractivity contribution >= 4 is 36.4 Å². The maximum absolute atomic E-state index is 6.09. The van der Waals surface area contributed by atoms with Crippen LogP contribution in [0.15, 0.2) is 48.5 Å². The molecule has 0 bridgehead atoms. The Labute approximate surface area is 192 Å². The second-order valence-corrected chi connectivity index (χ2v) is 7.52. The van der Waals surface area contributed by atoms with Gasteiger partial charge in [0.05, 0.1) is 6.10 Å². The van der Waals surface area contributed by atoms with Crippen LogP contribution in [-0.2, 0) is 11.2 Å². The predicted molar refractivity (Wildman–Crippen MR) is 127 cm³/mol. The minimum absolute atomic E-state index is 0. The van der Waals surface area contributed by atoms with Crippen molar-refractivity contribution in [2.24, 2.45) is 0 Å². The topological polar surface area (TPSA) is 33.7 Å². The summed E-state index contributed by atoms with van der Waals surface area (Å²) in [4.78, 5) is 2.11. The highest BCUT2D eigenvalue weighted by atomic mass is 35.5. The zero-order valence-corrected chi connectivity index (χ0v) is 19.9. The highest BCUT2D eigenvalue weighted by Gasteiger charge is 2.12. The summed E-state index contributed by atoms with van der Waals surface area (Å²) in [5, 5.41) is 4.29. The Kier molecular flexibility index (Phi) is 14.4. The number of nitrogens with one attached hydrogen (secondary N) is 1. The van der Waals surface area contributed by atoms with E-state index in [1.165, 1.54) is 5.56 Å². The molecule has 4 nitrogen and oxygen atoms in total. The summed E-state index contributed by atoms with van der Waals surface area (Å²) >= 11 is 6.09. The maximum Gasteiger partial charge on any atom is 0.119 e. The Bertz CT molecular complexity index is 684. The number of rotatable bonds is 11. The average molecular weight is 464 g/mol. The number of hydrogen-bond acceptors (Lipinski definition) is 4. The number of ether oxygens (including phenoxy) is 2. The van der Waals surface area contributed by atoms with Crippen LogP contribution in [0, 0.1) is 0 Å². The number of nitrogens with zero attached hydrogens (tertiary/aromatic N) is 1. The van der Waals surface area contributed by atoms with Crippen molar-refractivity contribution < 1.29 is 9.47 Å². The minimum atomic E-state index is -0.0152. The molecule has 0 spiro atoms. The molecule has 0 fully saturated rings. The molecule has 0 saturated heterocycles.